The molecule has 34 heavy (non-hydrogen) atoms. The zero-order valence-corrected chi connectivity index (χ0v) is 20.1. The van der Waals surface area contributed by atoms with E-state index in [1.165, 1.54) is 6.92 Å². The van der Waals surface area contributed by atoms with Gasteiger partial charge in [-0.05, 0) is 48.6 Å². The van der Waals surface area contributed by atoms with E-state index in [9.17, 15) is 14.4 Å². The van der Waals surface area contributed by atoms with Crippen LogP contribution < -0.4 is 20.7 Å². The minimum absolute atomic E-state index is 0.0546. The molecule has 0 radical (unpaired) electrons. The van der Waals surface area contributed by atoms with Crippen molar-refractivity contribution in [2.45, 2.75) is 51.6 Å². The summed E-state index contributed by atoms with van der Waals surface area (Å²) < 4.78 is 5.25. The van der Waals surface area contributed by atoms with Gasteiger partial charge in [0.05, 0.1) is 7.11 Å². The molecule has 0 aromatic heterocycles. The number of para-hydroxylation sites is 1. The Morgan fingerprint density at radius 1 is 1.09 bits per heavy atom. The molecule has 3 N–H and O–H groups in total. The molecule has 0 bridgehead atoms. The summed E-state index contributed by atoms with van der Waals surface area (Å²) in [5.41, 5.74) is 2.83. The van der Waals surface area contributed by atoms with E-state index in [0.717, 1.165) is 23.2 Å². The minimum atomic E-state index is -0.684. The number of methoxy groups -OCH3 is 1. The number of nitrogens with one attached hydrogen (secondary N) is 3. The van der Waals surface area contributed by atoms with Crippen LogP contribution in [0.5, 0.6) is 5.75 Å². The molecule has 0 saturated carbocycles. The summed E-state index contributed by atoms with van der Waals surface area (Å²) in [6, 6.07) is 14.4. The zero-order chi connectivity index (χ0) is 24.5. The molecule has 0 aliphatic carbocycles. The van der Waals surface area contributed by atoms with Gasteiger partial charge in [-0.1, -0.05) is 37.3 Å². The molecular formula is C26H34N4O4. The Morgan fingerprint density at radius 3 is 2.50 bits per heavy atom. The van der Waals surface area contributed by atoms with Crippen LogP contribution >= 0.6 is 0 Å². The van der Waals surface area contributed by atoms with Gasteiger partial charge < -0.3 is 25.6 Å². The highest BCUT2D eigenvalue weighted by atomic mass is 16.5. The normalized spacial score (nSPS) is 14.7. The molecule has 1 fully saturated rings. The van der Waals surface area contributed by atoms with E-state index in [1.54, 1.807) is 12.0 Å². The number of carbonyl (C=O) groups excluding carboxylic acids is 3. The van der Waals surface area contributed by atoms with Crippen LogP contribution in [0.15, 0.2) is 48.5 Å². The number of amides is 4. The van der Waals surface area contributed by atoms with E-state index in [1.807, 2.05) is 48.5 Å². The van der Waals surface area contributed by atoms with E-state index < -0.39 is 6.04 Å². The highest BCUT2D eigenvalue weighted by molar-refractivity contribution is 5.90. The molecule has 1 aliphatic heterocycles. The van der Waals surface area contributed by atoms with Crippen LogP contribution in [0.25, 0.3) is 0 Å². The number of hydrogen-bond donors (Lipinski definition) is 3. The molecule has 0 spiro atoms. The molecule has 4 amide bonds. The first-order chi connectivity index (χ1) is 16.4. The molecule has 8 heteroatoms. The summed E-state index contributed by atoms with van der Waals surface area (Å²) in [4.78, 5) is 39.2. The maximum Gasteiger partial charge on any atom is 0.321 e. The quantitative estimate of drug-likeness (QED) is 0.557. The van der Waals surface area contributed by atoms with Crippen molar-refractivity contribution in [1.82, 2.24) is 15.5 Å². The molecule has 2 aromatic rings. The third-order valence-electron chi connectivity index (χ3n) is 6.04. The molecule has 8 nitrogen and oxygen atoms in total. The van der Waals surface area contributed by atoms with Crippen LogP contribution in [-0.2, 0) is 22.4 Å². The van der Waals surface area contributed by atoms with Gasteiger partial charge in [0.25, 0.3) is 0 Å². The Balaban J connectivity index is 1.54. The van der Waals surface area contributed by atoms with E-state index in [0.29, 0.717) is 38.1 Å². The Labute approximate surface area is 201 Å². The van der Waals surface area contributed by atoms with Gasteiger partial charge in [0.15, 0.2) is 0 Å². The van der Waals surface area contributed by atoms with Crippen molar-refractivity contribution in [3.05, 3.63) is 59.7 Å². The van der Waals surface area contributed by atoms with Crippen molar-refractivity contribution in [2.24, 2.45) is 0 Å². The third-order valence-corrected chi connectivity index (χ3v) is 6.04. The Bertz CT molecular complexity index is 1000. The standard InChI is InChI=1S/C26H34N4O4/c1-4-20-9-5-6-11-23(20)29-26(33)30-14-12-21(13-15-30)28-25(32)24(27-18(2)31)17-19-8-7-10-22(16-19)34-3/h5-11,16,21,24H,4,12-15,17H2,1-3H3,(H,27,31)(H,28,32)(H,29,33)/t24-/m0/s1. The van der Waals surface area contributed by atoms with Crippen LogP contribution in [0, 0.1) is 0 Å². The van der Waals surface area contributed by atoms with Gasteiger partial charge in [-0.2, -0.15) is 0 Å². The lowest BCUT2D eigenvalue weighted by Crippen LogP contribution is -2.53. The molecule has 1 saturated heterocycles. The fourth-order valence-corrected chi connectivity index (χ4v) is 4.16. The predicted octanol–water partition coefficient (Wildman–Crippen LogP) is 3.12. The average Bonchev–Trinajstić information content (AvgIpc) is 2.84. The smallest absolute Gasteiger partial charge is 0.321 e. The van der Waals surface area contributed by atoms with Crippen LogP contribution in [0.2, 0.25) is 0 Å². The molecule has 1 heterocycles. The molecule has 1 aliphatic rings. The van der Waals surface area contributed by atoms with Gasteiger partial charge in [-0.15, -0.1) is 0 Å². The van der Waals surface area contributed by atoms with Crippen molar-refractivity contribution >= 4 is 23.5 Å². The fraction of sp³-hybridized carbons (Fsp3) is 0.423. The Hall–Kier alpha value is -3.55. The van der Waals surface area contributed by atoms with Gasteiger partial charge >= 0.3 is 6.03 Å². The number of benzene rings is 2. The van der Waals surface area contributed by atoms with Crippen LogP contribution in [0.3, 0.4) is 0 Å². The largest absolute Gasteiger partial charge is 0.497 e. The minimum Gasteiger partial charge on any atom is -0.497 e. The number of anilines is 1. The van der Waals surface area contributed by atoms with Gasteiger partial charge in [-0.25, -0.2) is 4.79 Å². The lowest BCUT2D eigenvalue weighted by Gasteiger charge is -2.33. The predicted molar refractivity (Wildman–Crippen MR) is 132 cm³/mol. The van der Waals surface area contributed by atoms with Crippen molar-refractivity contribution in [3.63, 3.8) is 0 Å². The average molecular weight is 467 g/mol. The monoisotopic (exact) mass is 466 g/mol. The summed E-state index contributed by atoms with van der Waals surface area (Å²) >= 11 is 0. The topological polar surface area (TPSA) is 99.8 Å². The molecular weight excluding hydrogens is 432 g/mol. The molecule has 0 unspecified atom stereocenters. The number of hydrogen-bond acceptors (Lipinski definition) is 4. The zero-order valence-electron chi connectivity index (χ0n) is 20.1. The second-order valence-electron chi connectivity index (χ2n) is 8.52. The van der Waals surface area contributed by atoms with E-state index in [4.69, 9.17) is 4.74 Å². The van der Waals surface area contributed by atoms with Gasteiger partial charge in [0.1, 0.15) is 11.8 Å². The number of urea groups is 1. The number of aryl methyl sites for hydroxylation is 1. The summed E-state index contributed by atoms with van der Waals surface area (Å²) in [6.07, 6.45) is 2.51. The Morgan fingerprint density at radius 2 is 1.82 bits per heavy atom. The lowest BCUT2D eigenvalue weighted by atomic mass is 10.0. The second-order valence-corrected chi connectivity index (χ2v) is 8.52. The van der Waals surface area contributed by atoms with Crippen LogP contribution in [0.1, 0.15) is 37.8 Å². The summed E-state index contributed by atoms with van der Waals surface area (Å²) in [5.74, 6) is 0.214. The molecule has 1 atom stereocenters. The molecule has 182 valence electrons. The van der Waals surface area contributed by atoms with Crippen molar-refractivity contribution in [3.8, 4) is 5.75 Å². The Kier molecular flexibility index (Phi) is 8.90. The third kappa shape index (κ3) is 6.97. The number of likely N-dealkylation sites (tertiary alicyclic amines) is 1. The fourth-order valence-electron chi connectivity index (χ4n) is 4.16. The number of ether oxygens (including phenoxy) is 1. The van der Waals surface area contributed by atoms with Crippen LogP contribution in [0.4, 0.5) is 10.5 Å². The highest BCUT2D eigenvalue weighted by Crippen LogP contribution is 2.18. The first kappa shape index (κ1) is 25.1. The lowest BCUT2D eigenvalue weighted by molar-refractivity contribution is -0.128. The van der Waals surface area contributed by atoms with Gasteiger partial charge in [0.2, 0.25) is 11.8 Å². The number of carbonyl (C=O) groups is 3. The summed E-state index contributed by atoms with van der Waals surface area (Å²) in [6.45, 7) is 4.55. The summed E-state index contributed by atoms with van der Waals surface area (Å²) in [5, 5.41) is 8.82. The van der Waals surface area contributed by atoms with Gasteiger partial charge in [-0.3, -0.25) is 9.59 Å². The van der Waals surface area contributed by atoms with E-state index in [-0.39, 0.29) is 23.9 Å². The maximum atomic E-state index is 13.0. The van der Waals surface area contributed by atoms with E-state index in [2.05, 4.69) is 22.9 Å². The van der Waals surface area contributed by atoms with E-state index >= 15 is 0 Å². The van der Waals surface area contributed by atoms with Crippen molar-refractivity contribution in [2.75, 3.05) is 25.5 Å². The molecule has 3 rings (SSSR count). The number of piperidine rings is 1. The SMILES string of the molecule is CCc1ccccc1NC(=O)N1CCC(NC(=O)[C@H](Cc2cccc(OC)c2)NC(C)=O)CC1. The number of nitrogens with zero attached hydrogens (tertiary/aromatic N) is 1. The van der Waals surface area contributed by atoms with Crippen molar-refractivity contribution < 1.29 is 19.1 Å². The second kappa shape index (κ2) is 12.1. The van der Waals surface area contributed by atoms with Crippen molar-refractivity contribution in [1.29, 1.82) is 0 Å². The number of rotatable bonds is 8. The first-order valence-electron chi connectivity index (χ1n) is 11.7. The first-order valence-corrected chi connectivity index (χ1v) is 11.7. The molecule has 2 aromatic carbocycles. The van der Waals surface area contributed by atoms with Gasteiger partial charge in [0, 0.05) is 38.2 Å². The summed E-state index contributed by atoms with van der Waals surface area (Å²) in [7, 11) is 1.59. The van der Waals surface area contributed by atoms with Crippen LogP contribution in [-0.4, -0.2) is 55.0 Å². The highest BCUT2D eigenvalue weighted by Gasteiger charge is 2.27. The maximum absolute atomic E-state index is 13.0.